The van der Waals surface area contributed by atoms with Crippen LogP contribution in [0.2, 0.25) is 5.02 Å². The molecule has 24 nitrogen and oxygen atoms in total. The van der Waals surface area contributed by atoms with E-state index in [-0.39, 0.29) is 37.3 Å². The van der Waals surface area contributed by atoms with Crippen LogP contribution < -0.4 is 5.32 Å². The number of rotatable bonds is 14. The van der Waals surface area contributed by atoms with E-state index in [1.165, 1.54) is 48.5 Å². The van der Waals surface area contributed by atoms with Crippen LogP contribution in [0.25, 0.3) is 12.2 Å². The number of sulfone groups is 1. The highest BCUT2D eigenvalue weighted by Gasteiger charge is 2.29. The SMILES string of the molecule is CNc1ccc(Cl)cc1S(=O)(=O)c1ccccc1[N+](=O)[O-].O=C(O)c1cc(O)cc(O)c1N=Nc1ccc(/C=C/c2ccc(N=Nc3c(O)cc(O)cc3C(=O)O)cc2S(=O)(=O)O)c(S(=O)(=O)O)c1. The minimum atomic E-state index is -4.98. The molecule has 0 aliphatic rings. The van der Waals surface area contributed by atoms with Gasteiger partial charge in [-0.1, -0.05) is 48.0 Å². The second-order valence-corrected chi connectivity index (χ2v) is 18.7. The molecule has 0 spiro atoms. The molecule has 69 heavy (non-hydrogen) atoms. The molecule has 0 bridgehead atoms. The molecule has 0 saturated carbocycles. The van der Waals surface area contributed by atoms with Crippen LogP contribution in [0.15, 0.2) is 143 Å². The van der Waals surface area contributed by atoms with Crippen LogP contribution >= 0.6 is 11.6 Å². The van der Waals surface area contributed by atoms with Gasteiger partial charge < -0.3 is 36.0 Å². The van der Waals surface area contributed by atoms with Gasteiger partial charge >= 0.3 is 11.9 Å². The van der Waals surface area contributed by atoms with E-state index in [4.69, 9.17) is 11.6 Å². The van der Waals surface area contributed by atoms with Crippen molar-refractivity contribution in [3.05, 3.63) is 141 Å². The maximum Gasteiger partial charge on any atom is 0.338 e. The summed E-state index contributed by atoms with van der Waals surface area (Å²) in [6, 6.07) is 18.9. The molecule has 0 amide bonds. The minimum Gasteiger partial charge on any atom is -0.508 e. The number of nitro benzene ring substituents is 1. The summed E-state index contributed by atoms with van der Waals surface area (Å²) in [5.74, 6) is -5.80. The van der Waals surface area contributed by atoms with Crippen molar-refractivity contribution in [1.82, 2.24) is 0 Å². The number of carbonyl (C=O) groups is 2. The Balaban J connectivity index is 0.000000351. The third kappa shape index (κ3) is 12.4. The lowest BCUT2D eigenvalue weighted by molar-refractivity contribution is -0.387. The Morgan fingerprint density at radius 2 is 1.06 bits per heavy atom. The highest BCUT2D eigenvalue weighted by atomic mass is 35.5. The average Bonchev–Trinajstić information content (AvgIpc) is 3.27. The number of aromatic hydroxyl groups is 4. The number of halogens is 1. The van der Waals surface area contributed by atoms with Gasteiger partial charge in [-0.05, 0) is 71.8 Å². The number of anilines is 1. The zero-order valence-corrected chi connectivity index (χ0v) is 37.7. The molecule has 0 atom stereocenters. The number of hydrogen-bond acceptors (Lipinski definition) is 19. The van der Waals surface area contributed by atoms with Gasteiger partial charge in [-0.2, -0.15) is 27.1 Å². The molecule has 0 radical (unpaired) electrons. The van der Waals surface area contributed by atoms with Gasteiger partial charge in [0.2, 0.25) is 9.84 Å². The second kappa shape index (κ2) is 20.7. The molecule has 9 N–H and O–H groups in total. The first-order valence-electron chi connectivity index (χ1n) is 18.5. The summed E-state index contributed by atoms with van der Waals surface area (Å²) >= 11 is 5.84. The largest absolute Gasteiger partial charge is 0.508 e. The summed E-state index contributed by atoms with van der Waals surface area (Å²) in [6.07, 6.45) is 2.11. The van der Waals surface area contributed by atoms with E-state index in [9.17, 15) is 84.7 Å². The van der Waals surface area contributed by atoms with Gasteiger partial charge in [0.05, 0.1) is 38.0 Å². The number of benzene rings is 6. The number of carboxylic acids is 2. The number of nitro groups is 1. The summed E-state index contributed by atoms with van der Waals surface area (Å²) in [7, 11) is -12.5. The van der Waals surface area contributed by atoms with Crippen LogP contribution in [0.4, 0.5) is 34.1 Å². The van der Waals surface area contributed by atoms with Gasteiger partial charge in [0.1, 0.15) is 49.1 Å². The molecule has 0 aliphatic heterocycles. The summed E-state index contributed by atoms with van der Waals surface area (Å²) in [5, 5.41) is 86.3. The van der Waals surface area contributed by atoms with Gasteiger partial charge in [-0.3, -0.25) is 19.2 Å². The number of phenolic OH excluding ortho intramolecular Hbond substituents is 4. The first-order chi connectivity index (χ1) is 32.2. The first-order valence-corrected chi connectivity index (χ1v) is 23.3. The predicted octanol–water partition coefficient (Wildman–Crippen LogP) is 8.52. The Hall–Kier alpha value is -8.34. The van der Waals surface area contributed by atoms with Gasteiger partial charge in [0.15, 0.2) is 0 Å². The quantitative estimate of drug-likeness (QED) is 0.0162. The Morgan fingerprint density at radius 3 is 1.46 bits per heavy atom. The number of nitrogens with one attached hydrogen (secondary N) is 1. The van der Waals surface area contributed by atoms with Crippen LogP contribution in [-0.4, -0.2) is 88.9 Å². The Bertz CT molecular complexity index is 3350. The van der Waals surface area contributed by atoms with Crippen LogP contribution in [0.5, 0.6) is 23.0 Å². The highest BCUT2D eigenvalue weighted by Crippen LogP contribution is 2.39. The number of azo groups is 2. The van der Waals surface area contributed by atoms with Crippen molar-refractivity contribution in [3.8, 4) is 23.0 Å². The minimum absolute atomic E-state index is 0.105. The topological polar surface area (TPSA) is 403 Å². The lowest BCUT2D eigenvalue weighted by atomic mass is 10.1. The molecular formula is C41H31ClN6O18S3. The molecule has 6 aromatic rings. The van der Waals surface area contributed by atoms with Crippen LogP contribution in [0.1, 0.15) is 31.8 Å². The summed E-state index contributed by atoms with van der Waals surface area (Å²) in [5.41, 5.74) is -3.48. The molecule has 6 aromatic carbocycles. The first kappa shape index (κ1) is 51.6. The maximum atomic E-state index is 12.7. The third-order valence-corrected chi connectivity index (χ3v) is 12.9. The molecule has 6 rings (SSSR count). The molecule has 0 unspecified atom stereocenters. The fourth-order valence-electron chi connectivity index (χ4n) is 5.91. The maximum absolute atomic E-state index is 12.7. The van der Waals surface area contributed by atoms with Crippen molar-refractivity contribution >= 4 is 99.9 Å². The van der Waals surface area contributed by atoms with E-state index in [0.29, 0.717) is 5.69 Å². The molecule has 0 fully saturated rings. The van der Waals surface area contributed by atoms with Gasteiger partial charge in [-0.15, -0.1) is 10.2 Å². The van der Waals surface area contributed by atoms with E-state index in [1.807, 2.05) is 0 Å². The van der Waals surface area contributed by atoms with Crippen LogP contribution in [0, 0.1) is 10.1 Å². The zero-order valence-electron chi connectivity index (χ0n) is 34.5. The number of carboxylic acid groups (broad SMARTS) is 2. The second-order valence-electron chi connectivity index (χ2n) is 13.6. The Labute approximate surface area is 393 Å². The van der Waals surface area contributed by atoms with Crippen LogP contribution in [-0.2, 0) is 30.1 Å². The number of nitrogens with zero attached hydrogens (tertiary/aromatic N) is 5. The van der Waals surface area contributed by atoms with E-state index < -0.39 is 108 Å². The van der Waals surface area contributed by atoms with Crippen molar-refractivity contribution in [2.75, 3.05) is 12.4 Å². The van der Waals surface area contributed by atoms with E-state index in [0.717, 1.165) is 66.7 Å². The predicted molar refractivity (Wildman–Crippen MR) is 243 cm³/mol. The molecular weight excluding hydrogens is 996 g/mol. The smallest absolute Gasteiger partial charge is 0.338 e. The van der Waals surface area contributed by atoms with E-state index in [1.54, 1.807) is 7.05 Å². The number of hydrogen-bond donors (Lipinski definition) is 9. The fourth-order valence-corrected chi connectivity index (χ4v) is 9.21. The summed E-state index contributed by atoms with van der Waals surface area (Å²) in [6.45, 7) is 0. The van der Waals surface area contributed by atoms with Crippen molar-refractivity contribution < 1.29 is 79.5 Å². The zero-order chi connectivity index (χ0) is 51.2. The number of aromatic carboxylic acids is 2. The van der Waals surface area contributed by atoms with Crippen molar-refractivity contribution in [2.24, 2.45) is 20.5 Å². The molecule has 28 heteroatoms. The molecule has 0 aliphatic carbocycles. The van der Waals surface area contributed by atoms with Gasteiger partial charge in [-0.25, -0.2) is 18.0 Å². The molecule has 0 heterocycles. The highest BCUT2D eigenvalue weighted by molar-refractivity contribution is 7.91. The molecule has 0 aromatic heterocycles. The number of para-hydroxylation sites is 1. The van der Waals surface area contributed by atoms with Crippen molar-refractivity contribution in [3.63, 3.8) is 0 Å². The monoisotopic (exact) mass is 1030 g/mol. The lowest BCUT2D eigenvalue weighted by Gasteiger charge is -2.11. The van der Waals surface area contributed by atoms with Crippen molar-refractivity contribution in [1.29, 1.82) is 0 Å². The summed E-state index contributed by atoms with van der Waals surface area (Å²) < 4.78 is 93.7. The van der Waals surface area contributed by atoms with Crippen molar-refractivity contribution in [2.45, 2.75) is 19.6 Å². The average molecular weight is 1030 g/mol. The van der Waals surface area contributed by atoms with Gasteiger partial charge in [0.25, 0.3) is 25.9 Å². The van der Waals surface area contributed by atoms with Crippen LogP contribution in [0.3, 0.4) is 0 Å². The molecule has 0 saturated heterocycles. The van der Waals surface area contributed by atoms with E-state index in [2.05, 4.69) is 25.8 Å². The fraction of sp³-hybridized carbons (Fsp3) is 0.0244. The standard InChI is InChI=1S/C28H20N4O14S2.C13H11ClN2O4S/c33-17-9-19(27(37)38)25(21(35)11-17)31-29-15-5-3-13(23(7-15)47(41,42)43)1-2-14-4-6-16(8-24(14)48(44,45)46)30-32-26-20(28(39)40)10-18(34)12-22(26)36;1-15-10-7-6-9(14)8-13(10)21(19,20)12-5-3-2-4-11(12)16(17)18/h1-12,33-36H,(H,37,38)(H,39,40)(H,41,42,43)(H,44,45,46);2-8,15H,1H3/b2-1+,31-29?,32-30?;. The normalized spacial score (nSPS) is 11.9. The molecule has 358 valence electrons. The number of phenols is 4. The Morgan fingerprint density at radius 1 is 0.609 bits per heavy atom. The lowest BCUT2D eigenvalue weighted by Crippen LogP contribution is -2.08. The van der Waals surface area contributed by atoms with Gasteiger partial charge in [0, 0.05) is 30.3 Å². The summed E-state index contributed by atoms with van der Waals surface area (Å²) in [4.78, 5) is 31.2. The Kier molecular flexibility index (Phi) is 15.5. The third-order valence-electron chi connectivity index (χ3n) is 8.99. The van der Waals surface area contributed by atoms with E-state index >= 15 is 0 Å².